The second-order valence-electron chi connectivity index (χ2n) is 3.31. The van der Waals surface area contributed by atoms with E-state index in [-0.39, 0.29) is 18.2 Å². The van der Waals surface area contributed by atoms with Gasteiger partial charge in [-0.15, -0.1) is 0 Å². The molecule has 0 saturated heterocycles. The fraction of sp³-hybridized carbons (Fsp3) is 0.889. The molecule has 0 amide bonds. The van der Waals surface area contributed by atoms with Gasteiger partial charge in [0.05, 0.1) is 12.2 Å². The normalized spacial score (nSPS) is 13.6. The Bertz CT molecular complexity index is 141. The van der Waals surface area contributed by atoms with E-state index >= 15 is 0 Å². The minimum absolute atomic E-state index is 0.0553. The second-order valence-corrected chi connectivity index (χ2v) is 3.31. The van der Waals surface area contributed by atoms with Gasteiger partial charge in [-0.1, -0.05) is 0 Å². The molecule has 0 rings (SSSR count). The Labute approximate surface area is 74.0 Å². The van der Waals surface area contributed by atoms with E-state index < -0.39 is 6.10 Å². The number of carbonyl (C=O) groups is 1. The van der Waals surface area contributed by atoms with Crippen LogP contribution in [0.25, 0.3) is 0 Å². The van der Waals surface area contributed by atoms with E-state index in [4.69, 9.17) is 9.47 Å². The van der Waals surface area contributed by atoms with E-state index in [1.807, 2.05) is 27.7 Å². The number of hydrogen-bond donors (Lipinski definition) is 0. The zero-order chi connectivity index (χ0) is 9.72. The molecule has 0 aliphatic heterocycles. The lowest BCUT2D eigenvalue weighted by Crippen LogP contribution is -2.28. The van der Waals surface area contributed by atoms with E-state index in [0.29, 0.717) is 0 Å². The Morgan fingerprint density at radius 2 is 1.50 bits per heavy atom. The van der Waals surface area contributed by atoms with E-state index in [9.17, 15) is 4.79 Å². The van der Waals surface area contributed by atoms with E-state index in [1.54, 1.807) is 6.92 Å². The molecule has 0 aliphatic carbocycles. The summed E-state index contributed by atoms with van der Waals surface area (Å²) in [5.41, 5.74) is 0. The van der Waals surface area contributed by atoms with Gasteiger partial charge < -0.3 is 9.47 Å². The Hall–Kier alpha value is -0.570. The van der Waals surface area contributed by atoms with Crippen LogP contribution in [0.3, 0.4) is 0 Å². The molecule has 0 spiro atoms. The summed E-state index contributed by atoms with van der Waals surface area (Å²) in [5.74, 6) is -0.293. The molecule has 0 saturated carbocycles. The summed E-state index contributed by atoms with van der Waals surface area (Å²) in [4.78, 5) is 11.1. The molecule has 12 heavy (non-hydrogen) atoms. The van der Waals surface area contributed by atoms with Gasteiger partial charge in [0.2, 0.25) is 0 Å². The van der Waals surface area contributed by atoms with Crippen molar-refractivity contribution in [3.05, 3.63) is 0 Å². The third-order valence-corrected chi connectivity index (χ3v) is 1.16. The predicted octanol–water partition coefficient (Wildman–Crippen LogP) is 1.75. The Morgan fingerprint density at radius 3 is 1.83 bits per heavy atom. The maximum Gasteiger partial charge on any atom is 0.335 e. The van der Waals surface area contributed by atoms with Gasteiger partial charge in [-0.25, -0.2) is 4.79 Å². The van der Waals surface area contributed by atoms with Crippen molar-refractivity contribution in [2.24, 2.45) is 0 Å². The van der Waals surface area contributed by atoms with Crippen LogP contribution in [0.5, 0.6) is 0 Å². The van der Waals surface area contributed by atoms with Crippen LogP contribution in [0.2, 0.25) is 0 Å². The van der Waals surface area contributed by atoms with Crippen LogP contribution in [0, 0.1) is 0 Å². The van der Waals surface area contributed by atoms with Crippen molar-refractivity contribution in [1.29, 1.82) is 0 Å². The molecule has 0 aliphatic rings. The molecule has 1 atom stereocenters. The van der Waals surface area contributed by atoms with Crippen LogP contribution >= 0.6 is 0 Å². The molecule has 0 aromatic carbocycles. The summed E-state index contributed by atoms with van der Waals surface area (Å²) in [6.45, 7) is 9.11. The molecular weight excluding hydrogens is 156 g/mol. The first kappa shape index (κ1) is 11.4. The van der Waals surface area contributed by atoms with Crippen molar-refractivity contribution < 1.29 is 14.3 Å². The lowest BCUT2D eigenvalue weighted by Gasteiger charge is -2.16. The monoisotopic (exact) mass is 174 g/mol. The fourth-order valence-corrected chi connectivity index (χ4v) is 0.792. The van der Waals surface area contributed by atoms with Crippen LogP contribution in [-0.4, -0.2) is 24.3 Å². The number of esters is 1. The topological polar surface area (TPSA) is 35.5 Å². The predicted molar refractivity (Wildman–Crippen MR) is 46.9 cm³/mol. The molecule has 72 valence electrons. The summed E-state index contributed by atoms with van der Waals surface area (Å²) >= 11 is 0. The van der Waals surface area contributed by atoms with Crippen LogP contribution in [0.1, 0.15) is 34.6 Å². The quantitative estimate of drug-likeness (QED) is 0.609. The van der Waals surface area contributed by atoms with E-state index in [1.165, 1.54) is 0 Å². The van der Waals surface area contributed by atoms with Gasteiger partial charge in [-0.05, 0) is 34.6 Å². The molecule has 0 radical (unpaired) electrons. The van der Waals surface area contributed by atoms with Crippen LogP contribution in [0.15, 0.2) is 0 Å². The smallest absolute Gasteiger partial charge is 0.335 e. The summed E-state index contributed by atoms with van der Waals surface area (Å²) in [5, 5.41) is 0. The second kappa shape index (κ2) is 5.14. The minimum Gasteiger partial charge on any atom is -0.461 e. The Balaban J connectivity index is 3.77. The van der Waals surface area contributed by atoms with Crippen molar-refractivity contribution in [3.63, 3.8) is 0 Å². The number of rotatable bonds is 4. The molecule has 0 N–H and O–H groups in total. The van der Waals surface area contributed by atoms with E-state index in [2.05, 4.69) is 0 Å². The first-order valence-corrected chi connectivity index (χ1v) is 4.29. The standard InChI is InChI=1S/C9H18O3/c1-6(2)11-8(5)9(10)12-7(3)4/h6-8H,1-5H3. The van der Waals surface area contributed by atoms with Crippen molar-refractivity contribution in [3.8, 4) is 0 Å². The molecule has 3 nitrogen and oxygen atoms in total. The van der Waals surface area contributed by atoms with Crippen LogP contribution < -0.4 is 0 Å². The highest BCUT2D eigenvalue weighted by atomic mass is 16.6. The fourth-order valence-electron chi connectivity index (χ4n) is 0.792. The third kappa shape index (κ3) is 5.13. The highest BCUT2D eigenvalue weighted by Crippen LogP contribution is 2.01. The number of ether oxygens (including phenoxy) is 2. The Kier molecular flexibility index (Phi) is 4.90. The zero-order valence-corrected chi connectivity index (χ0v) is 8.46. The van der Waals surface area contributed by atoms with E-state index in [0.717, 1.165) is 0 Å². The van der Waals surface area contributed by atoms with Gasteiger partial charge in [0.1, 0.15) is 0 Å². The van der Waals surface area contributed by atoms with Crippen LogP contribution in [-0.2, 0) is 14.3 Å². The largest absolute Gasteiger partial charge is 0.461 e. The minimum atomic E-state index is -0.465. The molecule has 3 heteroatoms. The maximum atomic E-state index is 11.1. The molecule has 1 unspecified atom stereocenters. The van der Waals surface area contributed by atoms with Gasteiger partial charge >= 0.3 is 5.97 Å². The molecule has 0 aromatic heterocycles. The van der Waals surface area contributed by atoms with Gasteiger partial charge in [0.25, 0.3) is 0 Å². The average Bonchev–Trinajstić information content (AvgIpc) is 1.84. The number of carbonyl (C=O) groups excluding carboxylic acids is 1. The van der Waals surface area contributed by atoms with Crippen molar-refractivity contribution in [2.45, 2.75) is 52.9 Å². The van der Waals surface area contributed by atoms with Crippen LogP contribution in [0.4, 0.5) is 0 Å². The number of hydrogen-bond acceptors (Lipinski definition) is 3. The first-order chi connectivity index (χ1) is 5.43. The molecule has 0 bridgehead atoms. The zero-order valence-electron chi connectivity index (χ0n) is 8.46. The highest BCUT2D eigenvalue weighted by molar-refractivity contribution is 5.74. The van der Waals surface area contributed by atoms with Gasteiger partial charge in [0, 0.05) is 0 Å². The lowest BCUT2D eigenvalue weighted by atomic mass is 10.3. The average molecular weight is 174 g/mol. The van der Waals surface area contributed by atoms with Crippen molar-refractivity contribution in [1.82, 2.24) is 0 Å². The van der Waals surface area contributed by atoms with Gasteiger partial charge in [-0.3, -0.25) is 0 Å². The molecule has 0 fully saturated rings. The molecular formula is C9H18O3. The van der Waals surface area contributed by atoms with Gasteiger partial charge in [0.15, 0.2) is 6.10 Å². The Morgan fingerprint density at radius 1 is 1.00 bits per heavy atom. The lowest BCUT2D eigenvalue weighted by molar-refractivity contribution is -0.162. The SMILES string of the molecule is CC(C)OC(=O)C(C)OC(C)C. The summed E-state index contributed by atoms with van der Waals surface area (Å²) in [6.07, 6.45) is -0.483. The maximum absolute atomic E-state index is 11.1. The van der Waals surface area contributed by atoms with Crippen molar-refractivity contribution in [2.75, 3.05) is 0 Å². The summed E-state index contributed by atoms with van der Waals surface area (Å²) in [6, 6.07) is 0. The van der Waals surface area contributed by atoms with Crippen molar-refractivity contribution >= 4 is 5.97 Å². The third-order valence-electron chi connectivity index (χ3n) is 1.16. The molecule has 0 heterocycles. The molecule has 0 aromatic rings. The summed E-state index contributed by atoms with van der Waals surface area (Å²) < 4.78 is 10.2. The van der Waals surface area contributed by atoms with Gasteiger partial charge in [-0.2, -0.15) is 0 Å². The summed E-state index contributed by atoms with van der Waals surface area (Å²) in [7, 11) is 0. The first-order valence-electron chi connectivity index (χ1n) is 4.29. The highest BCUT2D eigenvalue weighted by Gasteiger charge is 2.17.